The molecule has 1 aromatic carbocycles. The molecule has 360 valence electrons. The number of aromatic nitrogens is 3. The third-order valence-electron chi connectivity index (χ3n) is 13.8. The van der Waals surface area contributed by atoms with Crippen molar-refractivity contribution in [3.63, 3.8) is 0 Å². The summed E-state index contributed by atoms with van der Waals surface area (Å²) in [7, 11) is 5.07. The van der Waals surface area contributed by atoms with E-state index in [2.05, 4.69) is 65.7 Å². The van der Waals surface area contributed by atoms with Gasteiger partial charge >= 0.3 is 12.0 Å². The van der Waals surface area contributed by atoms with E-state index in [1.54, 1.807) is 37.2 Å². The van der Waals surface area contributed by atoms with Crippen molar-refractivity contribution in [1.29, 1.82) is 0 Å². The molecule has 7 heterocycles. The number of carbonyl (C=O) groups excluding carboxylic acids is 5. The largest absolute Gasteiger partial charge is 0.464 e. The topological polar surface area (TPSA) is 193 Å². The molecule has 6 bridgehead atoms. The fourth-order valence-corrected chi connectivity index (χ4v) is 10.8. The number of esters is 1. The lowest BCUT2D eigenvalue weighted by Crippen LogP contribution is -2.62. The second-order valence-electron chi connectivity index (χ2n) is 19.7. The van der Waals surface area contributed by atoms with Crippen LogP contribution in [0.3, 0.4) is 0 Å². The van der Waals surface area contributed by atoms with Crippen molar-refractivity contribution in [3.8, 4) is 22.5 Å². The van der Waals surface area contributed by atoms with Gasteiger partial charge in [-0.3, -0.25) is 29.2 Å². The minimum atomic E-state index is -1.08. The summed E-state index contributed by atoms with van der Waals surface area (Å²) in [6, 6.07) is 7.02. The molecule has 3 saturated heterocycles. The number of nitrogens with zero attached hydrogens (tertiary/aromatic N) is 7. The number of likely N-dealkylation sites (N-methyl/N-ethyl adjacent to an activating group) is 2. The molecule has 1 unspecified atom stereocenters. The van der Waals surface area contributed by atoms with E-state index in [0.717, 1.165) is 44.7 Å². The van der Waals surface area contributed by atoms with Crippen molar-refractivity contribution in [2.45, 2.75) is 117 Å². The summed E-state index contributed by atoms with van der Waals surface area (Å²) in [6.45, 7) is 14.7. The van der Waals surface area contributed by atoms with E-state index in [1.807, 2.05) is 32.2 Å². The molecule has 4 aliphatic rings. The fourth-order valence-electron chi connectivity index (χ4n) is 9.98. The van der Waals surface area contributed by atoms with Crippen LogP contribution in [0.15, 0.2) is 41.9 Å². The SMILES string of the molecule is CCn1c(-c2cccnc2[C@H](C)OC)c2c3cc(ccc31)-c1csc(n1)C[C@H](NC(=O)C(C(C)C)N(C)C(=O)N1CC[C@H](N(C)C(=O)[C@@H]3CN3)C1)C(=O)N1CCC[C@H](N1)C(=O)OCC(C)(C)C2. The first-order chi connectivity index (χ1) is 32.0. The molecule has 4 aliphatic heterocycles. The summed E-state index contributed by atoms with van der Waals surface area (Å²) >= 11 is 1.41. The number of methoxy groups -OCH3 is 1. The molecular formula is C49H66N10O7S. The molecule has 5 amide bonds. The number of urea groups is 1. The first-order valence-electron chi connectivity index (χ1n) is 23.6. The Kier molecular flexibility index (Phi) is 14.1. The van der Waals surface area contributed by atoms with Crippen LogP contribution in [0.4, 0.5) is 4.79 Å². The Morgan fingerprint density at radius 2 is 1.88 bits per heavy atom. The highest BCUT2D eigenvalue weighted by Crippen LogP contribution is 2.42. The molecule has 0 saturated carbocycles. The lowest BCUT2D eigenvalue weighted by molar-refractivity contribution is -0.155. The Morgan fingerprint density at radius 1 is 1.10 bits per heavy atom. The number of likely N-dealkylation sites (tertiary alicyclic amines) is 1. The van der Waals surface area contributed by atoms with E-state index >= 15 is 0 Å². The minimum absolute atomic E-state index is 0.0173. The molecule has 67 heavy (non-hydrogen) atoms. The van der Waals surface area contributed by atoms with Gasteiger partial charge in [0.05, 0.1) is 46.9 Å². The smallest absolute Gasteiger partial charge is 0.324 e. The van der Waals surface area contributed by atoms with Gasteiger partial charge in [0, 0.05) is 99.4 Å². The molecule has 0 radical (unpaired) electrons. The molecule has 17 nitrogen and oxygen atoms in total. The van der Waals surface area contributed by atoms with Crippen molar-refractivity contribution in [3.05, 3.63) is 58.2 Å². The zero-order valence-corrected chi connectivity index (χ0v) is 41.1. The van der Waals surface area contributed by atoms with Crippen LogP contribution in [0.25, 0.3) is 33.4 Å². The van der Waals surface area contributed by atoms with Gasteiger partial charge in [0.1, 0.15) is 18.1 Å². The fraction of sp³-hybridized carbons (Fsp3) is 0.571. The second-order valence-corrected chi connectivity index (χ2v) is 20.6. The number of fused-ring (bicyclic) bond motifs is 6. The number of cyclic esters (lactones) is 1. The van der Waals surface area contributed by atoms with Crippen LogP contribution in [0.2, 0.25) is 0 Å². The Labute approximate surface area is 396 Å². The zero-order chi connectivity index (χ0) is 47.9. The summed E-state index contributed by atoms with van der Waals surface area (Å²) in [5.74, 6) is -1.65. The molecule has 0 aliphatic carbocycles. The van der Waals surface area contributed by atoms with Crippen LogP contribution in [-0.2, 0) is 48.0 Å². The maximum Gasteiger partial charge on any atom is 0.324 e. The third-order valence-corrected chi connectivity index (χ3v) is 14.7. The second kappa shape index (κ2) is 19.7. The van der Waals surface area contributed by atoms with Crippen LogP contribution < -0.4 is 16.1 Å². The van der Waals surface area contributed by atoms with E-state index in [1.165, 1.54) is 21.2 Å². The van der Waals surface area contributed by atoms with Gasteiger partial charge in [0.2, 0.25) is 11.8 Å². The van der Waals surface area contributed by atoms with E-state index in [4.69, 9.17) is 19.4 Å². The maximum absolute atomic E-state index is 14.7. The zero-order valence-electron chi connectivity index (χ0n) is 40.3. The number of amides is 5. The van der Waals surface area contributed by atoms with Crippen molar-refractivity contribution in [2.75, 3.05) is 54.0 Å². The lowest BCUT2D eigenvalue weighted by atomic mass is 9.84. The van der Waals surface area contributed by atoms with Crippen molar-refractivity contribution >= 4 is 52.0 Å². The number of hydrogen-bond acceptors (Lipinski definition) is 12. The third kappa shape index (κ3) is 9.94. The Hall–Kier alpha value is -5.43. The number of aryl methyl sites for hydroxylation is 1. The lowest BCUT2D eigenvalue weighted by Gasteiger charge is -2.37. The van der Waals surface area contributed by atoms with Gasteiger partial charge in [-0.1, -0.05) is 33.8 Å². The number of hydrogen-bond donors (Lipinski definition) is 3. The van der Waals surface area contributed by atoms with Crippen molar-refractivity contribution < 1.29 is 33.4 Å². The number of pyridine rings is 1. The van der Waals surface area contributed by atoms with Gasteiger partial charge in [-0.15, -0.1) is 11.3 Å². The monoisotopic (exact) mass is 938 g/mol. The Bertz CT molecular complexity index is 2520. The number of nitrogens with one attached hydrogen (secondary N) is 3. The van der Waals surface area contributed by atoms with Gasteiger partial charge < -0.3 is 39.4 Å². The van der Waals surface area contributed by atoms with Gasteiger partial charge in [0.15, 0.2) is 0 Å². The number of ether oxygens (including phenoxy) is 2. The number of carbonyl (C=O) groups is 5. The molecular weight excluding hydrogens is 873 g/mol. The number of rotatable bonds is 10. The average molecular weight is 939 g/mol. The van der Waals surface area contributed by atoms with E-state index in [-0.39, 0.29) is 49.1 Å². The maximum atomic E-state index is 14.7. The first kappa shape index (κ1) is 48.0. The standard InChI is InChI=1S/C49H66N10O7S/c1-10-58-39-16-15-30-21-33(39)34(43(58)32-13-11-18-50-41(32)29(4)65-9)23-49(5,6)27-66-47(63)35-14-12-19-59(54-35)46(62)36(22-40-52-38(30)26-67-40)53-44(60)42(28(2)3)56(8)48(64)57-20-17-31(25-57)55(7)45(61)37-24-51-37/h11,13,15-16,18,21,26,28-29,31,35-37,42,51,54H,10,12,14,17,19-20,22-25,27H2,1-9H3,(H,53,60)/t29-,31-,35-,36-,37-,42?/m0/s1. The van der Waals surface area contributed by atoms with Crippen LogP contribution in [0.5, 0.6) is 0 Å². The Morgan fingerprint density at radius 3 is 2.60 bits per heavy atom. The van der Waals surface area contributed by atoms with E-state index in [9.17, 15) is 24.0 Å². The Balaban J connectivity index is 1.13. The molecule has 3 N–H and O–H groups in total. The minimum Gasteiger partial charge on any atom is -0.464 e. The highest BCUT2D eigenvalue weighted by Gasteiger charge is 2.42. The molecule has 6 atom stereocenters. The van der Waals surface area contributed by atoms with E-state index in [0.29, 0.717) is 63.4 Å². The molecule has 3 aromatic heterocycles. The van der Waals surface area contributed by atoms with Crippen LogP contribution in [0.1, 0.15) is 83.2 Å². The summed E-state index contributed by atoms with van der Waals surface area (Å²) in [4.78, 5) is 84.7. The van der Waals surface area contributed by atoms with Gasteiger partial charge in [0.25, 0.3) is 5.91 Å². The molecule has 3 fully saturated rings. The van der Waals surface area contributed by atoms with Crippen LogP contribution >= 0.6 is 11.3 Å². The van der Waals surface area contributed by atoms with Gasteiger partial charge in [-0.05, 0) is 75.3 Å². The summed E-state index contributed by atoms with van der Waals surface area (Å²) < 4.78 is 14.2. The van der Waals surface area contributed by atoms with Crippen LogP contribution in [-0.4, -0.2) is 148 Å². The molecule has 0 spiro atoms. The average Bonchev–Trinajstić information content (AvgIpc) is 3.72. The van der Waals surface area contributed by atoms with Crippen LogP contribution in [0, 0.1) is 11.3 Å². The number of benzene rings is 1. The van der Waals surface area contributed by atoms with E-state index < -0.39 is 41.3 Å². The van der Waals surface area contributed by atoms with Gasteiger partial charge in [-0.2, -0.15) is 0 Å². The molecule has 4 aromatic rings. The summed E-state index contributed by atoms with van der Waals surface area (Å²) in [5.41, 5.74) is 9.28. The molecule has 8 rings (SSSR count). The van der Waals surface area contributed by atoms with Gasteiger partial charge in [-0.25, -0.2) is 15.2 Å². The highest BCUT2D eigenvalue weighted by atomic mass is 32.1. The quantitative estimate of drug-likeness (QED) is 0.146. The predicted molar refractivity (Wildman–Crippen MR) is 256 cm³/mol. The normalized spacial score (nSPS) is 22.8. The summed E-state index contributed by atoms with van der Waals surface area (Å²) in [5, 5.41) is 11.2. The van der Waals surface area contributed by atoms with Crippen molar-refractivity contribution in [2.24, 2.45) is 11.3 Å². The molecule has 18 heteroatoms. The number of thiazole rings is 1. The summed E-state index contributed by atoms with van der Waals surface area (Å²) in [6.07, 6.45) is 3.83. The highest BCUT2D eigenvalue weighted by molar-refractivity contribution is 7.10. The van der Waals surface area contributed by atoms with Crippen molar-refractivity contribution in [1.82, 2.24) is 50.3 Å². The predicted octanol–water partition coefficient (Wildman–Crippen LogP) is 4.78. The number of hydrazine groups is 1. The first-order valence-corrected chi connectivity index (χ1v) is 24.5.